The van der Waals surface area contributed by atoms with E-state index >= 15 is 0 Å². The van der Waals surface area contributed by atoms with Crippen LogP contribution in [0.3, 0.4) is 0 Å². The molecule has 0 aromatic heterocycles. The predicted octanol–water partition coefficient (Wildman–Crippen LogP) is 4.44. The van der Waals surface area contributed by atoms with Crippen LogP contribution in [0.4, 0.5) is 4.39 Å². The van der Waals surface area contributed by atoms with Gasteiger partial charge in [0, 0.05) is 4.47 Å². The van der Waals surface area contributed by atoms with E-state index in [1.807, 2.05) is 0 Å². The summed E-state index contributed by atoms with van der Waals surface area (Å²) < 4.78 is 19.7. The Morgan fingerprint density at radius 2 is 1.84 bits per heavy atom. The molecule has 0 bridgehead atoms. The zero-order valence-corrected chi connectivity index (χ0v) is 13.2. The largest absolute Gasteiger partial charge is 0.497 e. The van der Waals surface area contributed by atoms with Crippen LogP contribution in [-0.2, 0) is 0 Å². The van der Waals surface area contributed by atoms with Gasteiger partial charge in [0.1, 0.15) is 17.7 Å². The maximum absolute atomic E-state index is 13.5. The smallest absolute Gasteiger partial charge is 0.137 e. The van der Waals surface area contributed by atoms with Crippen LogP contribution in [0.2, 0.25) is 0 Å². The van der Waals surface area contributed by atoms with Gasteiger partial charge >= 0.3 is 0 Å². The third-order valence-electron chi connectivity index (χ3n) is 2.76. The molecule has 0 amide bonds. The molecule has 0 saturated heterocycles. The molecule has 1 N–H and O–H groups in total. The highest BCUT2D eigenvalue weighted by Crippen LogP contribution is 2.32. The first-order valence-corrected chi connectivity index (χ1v) is 7.08. The monoisotopic (exact) mass is 388 g/mol. The van der Waals surface area contributed by atoms with Gasteiger partial charge in [-0.1, -0.05) is 28.1 Å². The van der Waals surface area contributed by atoms with Gasteiger partial charge in [0.2, 0.25) is 0 Å². The lowest BCUT2D eigenvalue weighted by Crippen LogP contribution is -2.01. The van der Waals surface area contributed by atoms with Crippen molar-refractivity contribution in [2.45, 2.75) is 6.10 Å². The van der Waals surface area contributed by atoms with Crippen LogP contribution in [0.25, 0.3) is 0 Å². The summed E-state index contributed by atoms with van der Waals surface area (Å²) in [6, 6.07) is 9.81. The molecule has 2 nitrogen and oxygen atoms in total. The summed E-state index contributed by atoms with van der Waals surface area (Å²) in [5.74, 6) is 0.283. The number of hydrogen-bond donors (Lipinski definition) is 1. The molecular weight excluding hydrogens is 379 g/mol. The second-order valence-electron chi connectivity index (χ2n) is 3.96. The Labute approximate surface area is 127 Å². The standard InChI is InChI=1S/C14H11Br2FO2/c1-19-9-3-4-10(12(16)7-9)14(18)8-2-5-11(15)13(17)6-8/h2-7,14,18H,1H3. The Bertz CT molecular complexity index is 602. The van der Waals surface area contributed by atoms with E-state index in [0.29, 0.717) is 25.8 Å². The van der Waals surface area contributed by atoms with Crippen LogP contribution in [0.5, 0.6) is 5.75 Å². The van der Waals surface area contributed by atoms with Crippen molar-refractivity contribution < 1.29 is 14.2 Å². The van der Waals surface area contributed by atoms with Gasteiger partial charge in [0.15, 0.2) is 0 Å². The zero-order chi connectivity index (χ0) is 14.0. The number of hydrogen-bond acceptors (Lipinski definition) is 2. The molecule has 2 rings (SSSR count). The van der Waals surface area contributed by atoms with E-state index in [0.717, 1.165) is 0 Å². The van der Waals surface area contributed by atoms with E-state index in [2.05, 4.69) is 31.9 Å². The van der Waals surface area contributed by atoms with E-state index in [4.69, 9.17) is 4.74 Å². The number of aliphatic hydroxyl groups excluding tert-OH is 1. The van der Waals surface area contributed by atoms with E-state index in [9.17, 15) is 9.50 Å². The molecule has 0 aliphatic rings. The Morgan fingerprint density at radius 3 is 2.42 bits per heavy atom. The fraction of sp³-hybridized carbons (Fsp3) is 0.143. The van der Waals surface area contributed by atoms with Crippen molar-refractivity contribution in [2.24, 2.45) is 0 Å². The second kappa shape index (κ2) is 6.03. The first-order chi connectivity index (χ1) is 9.02. The maximum Gasteiger partial charge on any atom is 0.137 e. The fourth-order valence-electron chi connectivity index (χ4n) is 1.72. The summed E-state index contributed by atoms with van der Waals surface area (Å²) in [6.45, 7) is 0. The Kier molecular flexibility index (Phi) is 4.60. The first kappa shape index (κ1) is 14.5. The SMILES string of the molecule is COc1ccc(C(O)c2ccc(Br)c(F)c2)c(Br)c1. The molecule has 0 radical (unpaired) electrons. The van der Waals surface area contributed by atoms with Crippen LogP contribution >= 0.6 is 31.9 Å². The van der Waals surface area contributed by atoms with E-state index in [1.54, 1.807) is 37.4 Å². The first-order valence-electron chi connectivity index (χ1n) is 5.49. The average Bonchev–Trinajstić information content (AvgIpc) is 2.41. The highest BCUT2D eigenvalue weighted by atomic mass is 79.9. The lowest BCUT2D eigenvalue weighted by molar-refractivity contribution is 0.219. The number of ether oxygens (including phenoxy) is 1. The van der Waals surface area contributed by atoms with Crippen molar-refractivity contribution >= 4 is 31.9 Å². The topological polar surface area (TPSA) is 29.5 Å². The Hall–Kier alpha value is -0.910. The predicted molar refractivity (Wildman–Crippen MR) is 78.9 cm³/mol. The highest BCUT2D eigenvalue weighted by molar-refractivity contribution is 9.10. The summed E-state index contributed by atoms with van der Waals surface area (Å²) in [4.78, 5) is 0. The average molecular weight is 390 g/mol. The highest BCUT2D eigenvalue weighted by Gasteiger charge is 2.15. The Balaban J connectivity index is 2.38. The lowest BCUT2D eigenvalue weighted by Gasteiger charge is -2.14. The number of methoxy groups -OCH3 is 1. The normalized spacial score (nSPS) is 12.3. The fourth-order valence-corrected chi connectivity index (χ4v) is 2.54. The molecule has 100 valence electrons. The third-order valence-corrected chi connectivity index (χ3v) is 4.09. The summed E-state index contributed by atoms with van der Waals surface area (Å²) in [5.41, 5.74) is 1.15. The summed E-state index contributed by atoms with van der Waals surface area (Å²) in [5, 5.41) is 10.3. The molecule has 0 aliphatic heterocycles. The minimum Gasteiger partial charge on any atom is -0.497 e. The van der Waals surface area contributed by atoms with Crippen molar-refractivity contribution in [3.8, 4) is 5.75 Å². The summed E-state index contributed by atoms with van der Waals surface area (Å²) in [6.07, 6.45) is -0.900. The molecule has 0 saturated carbocycles. The number of aliphatic hydroxyl groups is 1. The number of halogens is 3. The van der Waals surface area contributed by atoms with Gasteiger partial charge < -0.3 is 9.84 Å². The van der Waals surface area contributed by atoms with Crippen molar-refractivity contribution in [2.75, 3.05) is 7.11 Å². The third kappa shape index (κ3) is 3.16. The lowest BCUT2D eigenvalue weighted by atomic mass is 10.0. The minimum absolute atomic E-state index is 0.372. The zero-order valence-electron chi connectivity index (χ0n) is 10.0. The van der Waals surface area contributed by atoms with Gasteiger partial charge in [0.25, 0.3) is 0 Å². The van der Waals surface area contributed by atoms with Gasteiger partial charge in [-0.05, 0) is 51.3 Å². The van der Waals surface area contributed by atoms with Crippen molar-refractivity contribution in [1.82, 2.24) is 0 Å². The van der Waals surface area contributed by atoms with E-state index in [1.165, 1.54) is 6.07 Å². The molecule has 0 spiro atoms. The van der Waals surface area contributed by atoms with Gasteiger partial charge in [-0.3, -0.25) is 0 Å². The number of benzene rings is 2. The van der Waals surface area contributed by atoms with Crippen LogP contribution < -0.4 is 4.74 Å². The van der Waals surface area contributed by atoms with Crippen LogP contribution in [0.15, 0.2) is 45.3 Å². The van der Waals surface area contributed by atoms with Crippen molar-refractivity contribution in [3.05, 3.63) is 62.3 Å². The molecule has 0 aliphatic carbocycles. The summed E-state index contributed by atoms with van der Waals surface area (Å²) >= 11 is 6.46. The van der Waals surface area contributed by atoms with E-state index < -0.39 is 11.9 Å². The van der Waals surface area contributed by atoms with Crippen molar-refractivity contribution in [1.29, 1.82) is 0 Å². The number of rotatable bonds is 3. The van der Waals surface area contributed by atoms with Gasteiger partial charge in [-0.15, -0.1) is 0 Å². The molecule has 2 aromatic carbocycles. The molecular formula is C14H11Br2FO2. The summed E-state index contributed by atoms with van der Waals surface area (Å²) in [7, 11) is 1.57. The van der Waals surface area contributed by atoms with Gasteiger partial charge in [-0.2, -0.15) is 0 Å². The van der Waals surface area contributed by atoms with Crippen LogP contribution in [-0.4, -0.2) is 12.2 Å². The van der Waals surface area contributed by atoms with Crippen LogP contribution in [0, 0.1) is 5.82 Å². The quantitative estimate of drug-likeness (QED) is 0.840. The maximum atomic E-state index is 13.5. The van der Waals surface area contributed by atoms with Gasteiger partial charge in [-0.25, -0.2) is 4.39 Å². The Morgan fingerprint density at radius 1 is 1.11 bits per heavy atom. The molecule has 5 heteroatoms. The van der Waals surface area contributed by atoms with Gasteiger partial charge in [0.05, 0.1) is 11.6 Å². The molecule has 0 fully saturated rings. The molecule has 1 atom stereocenters. The van der Waals surface area contributed by atoms with Crippen molar-refractivity contribution in [3.63, 3.8) is 0 Å². The molecule has 19 heavy (non-hydrogen) atoms. The molecule has 1 unspecified atom stereocenters. The van der Waals surface area contributed by atoms with E-state index in [-0.39, 0.29) is 0 Å². The second-order valence-corrected chi connectivity index (χ2v) is 5.67. The minimum atomic E-state index is -0.900. The molecule has 2 aromatic rings. The molecule has 0 heterocycles. The van der Waals surface area contributed by atoms with Crippen LogP contribution in [0.1, 0.15) is 17.2 Å².